The number of hydrogen-bond donors (Lipinski definition) is 2. The summed E-state index contributed by atoms with van der Waals surface area (Å²) in [5, 5.41) is 31.3. The van der Waals surface area contributed by atoms with E-state index in [9.17, 15) is 0 Å². The van der Waals surface area contributed by atoms with Crippen molar-refractivity contribution in [3.8, 4) is 0 Å². The second-order valence-corrected chi connectivity index (χ2v) is 1.90. The van der Waals surface area contributed by atoms with Crippen molar-refractivity contribution in [2.75, 3.05) is 39.6 Å². The van der Waals surface area contributed by atoms with Gasteiger partial charge in [0.15, 0.2) is 0 Å². The average Bonchev–Trinajstić information content (AvgIpc) is 2.10. The van der Waals surface area contributed by atoms with Gasteiger partial charge in [-0.15, -0.1) is 0 Å². The van der Waals surface area contributed by atoms with E-state index in [0.29, 0.717) is 26.4 Å². The molecule has 2 N–H and O–H groups in total. The molecule has 0 saturated carbocycles. The Bertz CT molecular complexity index is 114. The van der Waals surface area contributed by atoms with Gasteiger partial charge in [-0.05, 0) is 0 Å². The molecule has 0 rings (SSSR count). The molecule has 9 heteroatoms. The van der Waals surface area contributed by atoms with Crippen LogP contribution in [0.25, 0.3) is 0 Å². The van der Waals surface area contributed by atoms with Crippen LogP contribution in [0.2, 0.25) is 0 Å². The molecule has 0 spiro atoms. The first-order chi connectivity index (χ1) is 6.65. The summed E-state index contributed by atoms with van der Waals surface area (Å²) in [5.74, 6) is 0. The number of aliphatic hydroxyl groups excluding tert-OH is 2. The van der Waals surface area contributed by atoms with E-state index in [1.54, 1.807) is 0 Å². The largest absolute Gasteiger partial charge is 1.00 e. The van der Waals surface area contributed by atoms with Crippen LogP contribution in [0.3, 0.4) is 0 Å². The van der Waals surface area contributed by atoms with Crippen LogP contribution in [-0.2, 0) is 31.9 Å². The van der Waals surface area contributed by atoms with Crippen molar-refractivity contribution in [1.82, 2.24) is 0 Å². The minimum absolute atomic E-state index is 0. The smallest absolute Gasteiger partial charge is 0.394 e. The van der Waals surface area contributed by atoms with Crippen LogP contribution in [0.15, 0.2) is 0 Å². The van der Waals surface area contributed by atoms with Crippen LogP contribution in [0.4, 0.5) is 0 Å². The minimum Gasteiger partial charge on any atom is -0.394 e. The molecule has 96 valence electrons. The van der Waals surface area contributed by atoms with Gasteiger partial charge in [0, 0.05) is 0 Å². The number of rotatable bonds is 7. The molecule has 0 saturated heterocycles. The van der Waals surface area contributed by atoms with E-state index in [0.717, 1.165) is 0 Å². The standard InChI is InChI=1S/C6H14O4.Ag.NO3/c7-1-3-9-5-6-10-4-2-8;;2-1(3)4/h7-8H,1-6H2;;/q;+1;-1. The van der Waals surface area contributed by atoms with Crippen molar-refractivity contribution in [2.45, 2.75) is 0 Å². The van der Waals surface area contributed by atoms with E-state index in [4.69, 9.17) is 35.0 Å². The van der Waals surface area contributed by atoms with E-state index in [2.05, 4.69) is 0 Å². The third-order valence-corrected chi connectivity index (χ3v) is 0.843. The van der Waals surface area contributed by atoms with Gasteiger partial charge in [-0.25, -0.2) is 0 Å². The Morgan fingerprint density at radius 2 is 1.20 bits per heavy atom. The number of aliphatic hydroxyl groups is 2. The average molecular weight is 320 g/mol. The van der Waals surface area contributed by atoms with E-state index < -0.39 is 5.09 Å². The summed E-state index contributed by atoms with van der Waals surface area (Å²) in [6, 6.07) is 0. The van der Waals surface area contributed by atoms with E-state index in [1.165, 1.54) is 0 Å². The number of ether oxygens (including phenoxy) is 2. The summed E-state index contributed by atoms with van der Waals surface area (Å²) in [7, 11) is 0. The zero-order valence-electron chi connectivity index (χ0n) is 7.93. The first-order valence-electron chi connectivity index (χ1n) is 3.83. The molecule has 0 aliphatic heterocycles. The van der Waals surface area contributed by atoms with Gasteiger partial charge in [-0.1, -0.05) is 0 Å². The first kappa shape index (κ1) is 20.2. The molecule has 0 aromatic rings. The number of hydrogen-bond acceptors (Lipinski definition) is 7. The molecule has 0 unspecified atom stereocenters. The van der Waals surface area contributed by atoms with E-state index in [1.807, 2.05) is 0 Å². The fraction of sp³-hybridized carbons (Fsp3) is 1.00. The summed E-state index contributed by atoms with van der Waals surface area (Å²) in [6.45, 7) is 1.73. The zero-order chi connectivity index (χ0) is 11.2. The van der Waals surface area contributed by atoms with E-state index in [-0.39, 0.29) is 35.6 Å². The fourth-order valence-corrected chi connectivity index (χ4v) is 0.451. The van der Waals surface area contributed by atoms with Gasteiger partial charge in [-0.2, -0.15) is 0 Å². The molecule has 0 heterocycles. The van der Waals surface area contributed by atoms with Gasteiger partial charge in [0.05, 0.1) is 44.7 Å². The Balaban J connectivity index is -0.000000249. The van der Waals surface area contributed by atoms with Crippen molar-refractivity contribution >= 4 is 0 Å². The van der Waals surface area contributed by atoms with Crippen molar-refractivity contribution in [3.63, 3.8) is 0 Å². The van der Waals surface area contributed by atoms with Gasteiger partial charge >= 0.3 is 22.4 Å². The van der Waals surface area contributed by atoms with Crippen LogP contribution in [-0.4, -0.2) is 54.9 Å². The predicted octanol–water partition coefficient (Wildman–Crippen LogP) is -1.24. The number of nitrogens with zero attached hydrogens (tertiary/aromatic N) is 1. The molecular formula is C6H14AgNO7. The molecule has 0 radical (unpaired) electrons. The van der Waals surface area contributed by atoms with Crippen LogP contribution < -0.4 is 0 Å². The second kappa shape index (κ2) is 19.4. The van der Waals surface area contributed by atoms with Crippen LogP contribution in [0, 0.1) is 15.3 Å². The summed E-state index contributed by atoms with van der Waals surface area (Å²) in [4.78, 5) is 8.25. The molecule has 15 heavy (non-hydrogen) atoms. The molecule has 0 bridgehead atoms. The van der Waals surface area contributed by atoms with Crippen LogP contribution >= 0.6 is 0 Å². The van der Waals surface area contributed by atoms with Gasteiger partial charge in [0.2, 0.25) is 0 Å². The Kier molecular flexibility index (Phi) is 26.1. The monoisotopic (exact) mass is 319 g/mol. The fourth-order valence-electron chi connectivity index (χ4n) is 0.451. The SMILES string of the molecule is O=[N+]([O-])[O-].OCCOCCOCCO.[Ag+]. The maximum atomic E-state index is 8.26. The van der Waals surface area contributed by atoms with Crippen molar-refractivity contribution in [3.05, 3.63) is 15.3 Å². The van der Waals surface area contributed by atoms with Crippen molar-refractivity contribution in [1.29, 1.82) is 0 Å². The summed E-state index contributed by atoms with van der Waals surface area (Å²) < 4.78 is 9.75. The summed E-state index contributed by atoms with van der Waals surface area (Å²) in [6.07, 6.45) is 0. The molecule has 8 nitrogen and oxygen atoms in total. The summed E-state index contributed by atoms with van der Waals surface area (Å²) in [5.41, 5.74) is 0. The molecule has 0 fully saturated rings. The Labute approximate surface area is 102 Å². The maximum absolute atomic E-state index is 8.26. The zero-order valence-corrected chi connectivity index (χ0v) is 9.41. The first-order valence-corrected chi connectivity index (χ1v) is 3.83. The third-order valence-electron chi connectivity index (χ3n) is 0.843. The predicted molar refractivity (Wildman–Crippen MR) is 46.2 cm³/mol. The topological polar surface area (TPSA) is 125 Å². The molecule has 0 aromatic heterocycles. The van der Waals surface area contributed by atoms with Gasteiger partial charge in [-0.3, -0.25) is 0 Å². The minimum atomic E-state index is -1.75. The maximum Gasteiger partial charge on any atom is 1.00 e. The third kappa shape index (κ3) is 41.6. The van der Waals surface area contributed by atoms with Gasteiger partial charge in [0.25, 0.3) is 0 Å². The molecule has 0 aliphatic carbocycles. The van der Waals surface area contributed by atoms with Crippen LogP contribution in [0.5, 0.6) is 0 Å². The molecule has 0 aliphatic rings. The Hall–Kier alpha value is -0.220. The van der Waals surface area contributed by atoms with Crippen molar-refractivity contribution < 1.29 is 47.2 Å². The Morgan fingerprint density at radius 1 is 0.933 bits per heavy atom. The second-order valence-electron chi connectivity index (χ2n) is 1.90. The Morgan fingerprint density at radius 3 is 1.40 bits per heavy atom. The van der Waals surface area contributed by atoms with E-state index >= 15 is 0 Å². The molecule has 0 atom stereocenters. The van der Waals surface area contributed by atoms with Gasteiger partial charge in [0.1, 0.15) is 0 Å². The quantitative estimate of drug-likeness (QED) is 0.260. The normalized spacial score (nSPS) is 8.40. The molecule has 0 aromatic carbocycles. The molecule has 0 amide bonds. The molecular weight excluding hydrogens is 306 g/mol. The van der Waals surface area contributed by atoms with Gasteiger partial charge < -0.3 is 35.0 Å². The summed E-state index contributed by atoms with van der Waals surface area (Å²) >= 11 is 0. The van der Waals surface area contributed by atoms with Crippen LogP contribution in [0.1, 0.15) is 0 Å². The van der Waals surface area contributed by atoms with Crippen molar-refractivity contribution in [2.24, 2.45) is 0 Å².